The number of aromatic nitrogens is 1. The highest BCUT2D eigenvalue weighted by molar-refractivity contribution is 7.13. The summed E-state index contributed by atoms with van der Waals surface area (Å²) in [5.74, 6) is -0.0329. The van der Waals surface area contributed by atoms with Crippen molar-refractivity contribution < 1.29 is 4.79 Å². The molecule has 0 aliphatic rings. The molecule has 5 heteroatoms. The van der Waals surface area contributed by atoms with Gasteiger partial charge in [0.25, 0.3) is 5.91 Å². The summed E-state index contributed by atoms with van der Waals surface area (Å²) in [6, 6.07) is 11.7. The second kappa shape index (κ2) is 5.98. The van der Waals surface area contributed by atoms with Crippen molar-refractivity contribution in [3.63, 3.8) is 0 Å². The van der Waals surface area contributed by atoms with Crippen LogP contribution in [0.25, 0.3) is 10.6 Å². The number of nitrogens with zero attached hydrogens (tertiary/aromatic N) is 1. The summed E-state index contributed by atoms with van der Waals surface area (Å²) in [5.41, 5.74) is 2.00. The van der Waals surface area contributed by atoms with Gasteiger partial charge >= 0.3 is 0 Å². The first-order valence-electron chi connectivity index (χ1n) is 6.13. The summed E-state index contributed by atoms with van der Waals surface area (Å²) in [7, 11) is 0. The third-order valence-electron chi connectivity index (χ3n) is 2.80. The minimum Gasteiger partial charge on any atom is -0.347 e. The summed E-state index contributed by atoms with van der Waals surface area (Å²) in [6.45, 7) is 0.512. The molecule has 20 heavy (non-hydrogen) atoms. The van der Waals surface area contributed by atoms with Gasteiger partial charge in [-0.1, -0.05) is 12.1 Å². The Morgan fingerprint density at radius 3 is 2.75 bits per heavy atom. The van der Waals surface area contributed by atoms with Crippen LogP contribution in [0, 0.1) is 0 Å². The molecule has 0 atom stereocenters. The molecule has 1 amide bonds. The van der Waals surface area contributed by atoms with Gasteiger partial charge in [-0.25, -0.2) is 0 Å². The molecule has 100 valence electrons. The van der Waals surface area contributed by atoms with Gasteiger partial charge in [0.05, 0.1) is 15.4 Å². The quantitative estimate of drug-likeness (QED) is 0.796. The smallest absolute Gasteiger partial charge is 0.261 e. The van der Waals surface area contributed by atoms with Crippen LogP contribution in [0.4, 0.5) is 0 Å². The van der Waals surface area contributed by atoms with Gasteiger partial charge in [-0.2, -0.15) is 0 Å². The molecule has 0 aromatic carbocycles. The zero-order valence-electron chi connectivity index (χ0n) is 10.6. The van der Waals surface area contributed by atoms with Crippen LogP contribution >= 0.6 is 22.7 Å². The topological polar surface area (TPSA) is 42.0 Å². The summed E-state index contributed by atoms with van der Waals surface area (Å²) in [5, 5.41) is 6.85. The SMILES string of the molecule is O=C(NCc1ccnc(-c2cccs2)c1)c1cccs1. The molecular weight excluding hydrogens is 288 g/mol. The first kappa shape index (κ1) is 13.0. The highest BCUT2D eigenvalue weighted by Crippen LogP contribution is 2.23. The van der Waals surface area contributed by atoms with Crippen molar-refractivity contribution in [2.45, 2.75) is 6.54 Å². The summed E-state index contributed by atoms with van der Waals surface area (Å²) >= 11 is 3.10. The fourth-order valence-electron chi connectivity index (χ4n) is 1.82. The van der Waals surface area contributed by atoms with E-state index in [1.807, 2.05) is 47.2 Å². The average Bonchev–Trinajstić information content (AvgIpc) is 3.17. The first-order valence-corrected chi connectivity index (χ1v) is 7.89. The van der Waals surface area contributed by atoms with E-state index in [9.17, 15) is 4.79 Å². The Labute approximate surface area is 124 Å². The number of rotatable bonds is 4. The lowest BCUT2D eigenvalue weighted by molar-refractivity contribution is 0.0955. The largest absolute Gasteiger partial charge is 0.347 e. The fraction of sp³-hybridized carbons (Fsp3) is 0.0667. The lowest BCUT2D eigenvalue weighted by atomic mass is 10.2. The first-order chi connectivity index (χ1) is 9.83. The maximum Gasteiger partial charge on any atom is 0.261 e. The Kier molecular flexibility index (Phi) is 3.90. The number of pyridine rings is 1. The normalized spacial score (nSPS) is 10.4. The molecule has 0 saturated carbocycles. The molecule has 3 nitrogen and oxygen atoms in total. The van der Waals surface area contributed by atoms with Crippen LogP contribution in [-0.2, 0) is 6.54 Å². The number of nitrogens with one attached hydrogen (secondary N) is 1. The maximum absolute atomic E-state index is 11.9. The van der Waals surface area contributed by atoms with Gasteiger partial charge < -0.3 is 5.32 Å². The number of hydrogen-bond acceptors (Lipinski definition) is 4. The van der Waals surface area contributed by atoms with E-state index < -0.39 is 0 Å². The third-order valence-corrected chi connectivity index (χ3v) is 4.56. The minimum absolute atomic E-state index is 0.0329. The molecule has 3 aromatic rings. The zero-order valence-corrected chi connectivity index (χ0v) is 12.2. The van der Waals surface area contributed by atoms with Crippen LogP contribution in [0.1, 0.15) is 15.2 Å². The van der Waals surface area contributed by atoms with E-state index in [1.54, 1.807) is 17.5 Å². The lowest BCUT2D eigenvalue weighted by Crippen LogP contribution is -2.21. The Morgan fingerprint density at radius 1 is 1.15 bits per heavy atom. The van der Waals surface area contributed by atoms with Crippen molar-refractivity contribution in [3.8, 4) is 10.6 Å². The number of hydrogen-bond donors (Lipinski definition) is 1. The van der Waals surface area contributed by atoms with E-state index in [4.69, 9.17) is 0 Å². The number of carbonyl (C=O) groups is 1. The molecule has 3 aromatic heterocycles. The highest BCUT2D eigenvalue weighted by Gasteiger charge is 2.06. The van der Waals surface area contributed by atoms with Crippen LogP contribution in [0.15, 0.2) is 53.4 Å². The second-order valence-corrected chi connectivity index (χ2v) is 6.08. The highest BCUT2D eigenvalue weighted by atomic mass is 32.1. The van der Waals surface area contributed by atoms with Gasteiger partial charge in [-0.3, -0.25) is 9.78 Å². The summed E-state index contributed by atoms with van der Waals surface area (Å²) in [6.07, 6.45) is 1.78. The Hall–Kier alpha value is -1.98. The van der Waals surface area contributed by atoms with Crippen LogP contribution in [-0.4, -0.2) is 10.9 Å². The van der Waals surface area contributed by atoms with E-state index >= 15 is 0 Å². The van der Waals surface area contributed by atoms with E-state index in [1.165, 1.54) is 11.3 Å². The predicted molar refractivity (Wildman–Crippen MR) is 83.0 cm³/mol. The molecule has 0 bridgehead atoms. The maximum atomic E-state index is 11.9. The van der Waals surface area contributed by atoms with E-state index in [-0.39, 0.29) is 5.91 Å². The molecule has 0 saturated heterocycles. The minimum atomic E-state index is -0.0329. The van der Waals surface area contributed by atoms with E-state index in [0.29, 0.717) is 6.54 Å². The predicted octanol–water partition coefficient (Wildman–Crippen LogP) is 3.80. The molecule has 0 radical (unpaired) electrons. The van der Waals surface area contributed by atoms with Crippen LogP contribution in [0.5, 0.6) is 0 Å². The summed E-state index contributed by atoms with van der Waals surface area (Å²) in [4.78, 5) is 18.1. The average molecular weight is 300 g/mol. The van der Waals surface area contributed by atoms with Crippen molar-refractivity contribution in [2.75, 3.05) is 0 Å². The van der Waals surface area contributed by atoms with E-state index in [2.05, 4.69) is 10.3 Å². The van der Waals surface area contributed by atoms with Crippen molar-refractivity contribution in [1.82, 2.24) is 10.3 Å². The van der Waals surface area contributed by atoms with Gasteiger partial charge in [0, 0.05) is 12.7 Å². The third kappa shape index (κ3) is 2.95. The lowest BCUT2D eigenvalue weighted by Gasteiger charge is -2.05. The van der Waals surface area contributed by atoms with Crippen LogP contribution < -0.4 is 5.32 Å². The fourth-order valence-corrected chi connectivity index (χ4v) is 3.15. The van der Waals surface area contributed by atoms with Crippen molar-refractivity contribution in [1.29, 1.82) is 0 Å². The molecule has 3 rings (SSSR count). The molecule has 0 fully saturated rings. The van der Waals surface area contributed by atoms with Gasteiger partial charge in [-0.15, -0.1) is 22.7 Å². The molecule has 3 heterocycles. The monoisotopic (exact) mass is 300 g/mol. The molecule has 1 N–H and O–H groups in total. The molecular formula is C15H12N2OS2. The molecule has 0 unspecified atom stereocenters. The van der Waals surface area contributed by atoms with Gasteiger partial charge in [0.15, 0.2) is 0 Å². The summed E-state index contributed by atoms with van der Waals surface area (Å²) < 4.78 is 0. The van der Waals surface area contributed by atoms with Crippen LogP contribution in [0.3, 0.4) is 0 Å². The zero-order chi connectivity index (χ0) is 13.8. The van der Waals surface area contributed by atoms with Crippen molar-refractivity contribution >= 4 is 28.6 Å². The Balaban J connectivity index is 1.69. The van der Waals surface area contributed by atoms with Crippen molar-refractivity contribution in [2.24, 2.45) is 0 Å². The van der Waals surface area contributed by atoms with E-state index in [0.717, 1.165) is 21.0 Å². The Bertz CT molecular complexity index is 691. The van der Waals surface area contributed by atoms with Crippen LogP contribution in [0.2, 0.25) is 0 Å². The van der Waals surface area contributed by atoms with Crippen molar-refractivity contribution in [3.05, 3.63) is 63.8 Å². The number of carbonyl (C=O) groups excluding carboxylic acids is 1. The standard InChI is InChI=1S/C15H12N2OS2/c18-15(14-4-2-8-20-14)17-10-11-5-6-16-12(9-11)13-3-1-7-19-13/h1-9H,10H2,(H,17,18). The second-order valence-electron chi connectivity index (χ2n) is 4.19. The molecule has 0 aliphatic heterocycles. The van der Waals surface area contributed by atoms with Gasteiger partial charge in [0.2, 0.25) is 0 Å². The van der Waals surface area contributed by atoms with Gasteiger partial charge in [0.1, 0.15) is 0 Å². The molecule has 0 spiro atoms. The Morgan fingerprint density at radius 2 is 2.00 bits per heavy atom. The van der Waals surface area contributed by atoms with Gasteiger partial charge in [-0.05, 0) is 40.6 Å². The number of amides is 1. The molecule has 0 aliphatic carbocycles. The number of thiophene rings is 2.